The summed E-state index contributed by atoms with van der Waals surface area (Å²) < 4.78 is 13.4. The Morgan fingerprint density at radius 1 is 0.953 bits per heavy atom. The summed E-state index contributed by atoms with van der Waals surface area (Å²) in [6.45, 7) is 5.57. The molecule has 0 spiro atoms. The van der Waals surface area contributed by atoms with Gasteiger partial charge in [0.1, 0.15) is 18.0 Å². The number of aromatic nitrogens is 4. The summed E-state index contributed by atoms with van der Waals surface area (Å²) in [5.41, 5.74) is 4.32. The van der Waals surface area contributed by atoms with Crippen LogP contribution in [0.5, 0.6) is 0 Å². The summed E-state index contributed by atoms with van der Waals surface area (Å²) in [5.74, 6) is 0.384. The maximum atomic E-state index is 13.4. The highest BCUT2D eigenvalue weighted by atomic mass is 19.1. The lowest BCUT2D eigenvalue weighted by atomic mass is 10.0. The normalized spacial score (nSPS) is 16.7. The average Bonchev–Trinajstić information content (AvgIpc) is 3.42. The fraction of sp³-hybridized carbons (Fsp3) is 0.219. The number of fused-ring (bicyclic) bond motifs is 1. The highest BCUT2D eigenvalue weighted by molar-refractivity contribution is 5.96. The summed E-state index contributed by atoms with van der Waals surface area (Å²) in [7, 11) is 0. The Hall–Kier alpha value is -5.16. The van der Waals surface area contributed by atoms with Crippen LogP contribution in [-0.2, 0) is 11.2 Å². The summed E-state index contributed by atoms with van der Waals surface area (Å²) in [6.07, 6.45) is 1.52. The second kappa shape index (κ2) is 12.0. The van der Waals surface area contributed by atoms with Crippen LogP contribution in [0.3, 0.4) is 0 Å². The number of hydrogen-bond donors (Lipinski definition) is 4. The number of nitrogens with one attached hydrogen (secondary N) is 4. The molecule has 4 N–H and O–H groups in total. The van der Waals surface area contributed by atoms with E-state index in [0.717, 1.165) is 22.0 Å². The predicted molar refractivity (Wildman–Crippen MR) is 164 cm³/mol. The number of benzene rings is 3. The van der Waals surface area contributed by atoms with Crippen LogP contribution in [0, 0.1) is 5.82 Å². The SMILES string of the molecule is C[C@@H]1CN(C(=O)c2ccc(-c3ccc4c(Nc5cc(CC(=O)Nc6cccc(F)c6)[nH]n5)ncnc4c3)cc2)C[C@H](C)N1. The Bertz CT molecular complexity index is 1780. The van der Waals surface area contributed by atoms with E-state index in [4.69, 9.17) is 0 Å². The van der Waals surface area contributed by atoms with E-state index in [1.54, 1.807) is 12.1 Å². The summed E-state index contributed by atoms with van der Waals surface area (Å²) >= 11 is 0. The first kappa shape index (κ1) is 28.0. The lowest BCUT2D eigenvalue weighted by molar-refractivity contribution is -0.115. The molecule has 2 aromatic heterocycles. The van der Waals surface area contributed by atoms with Gasteiger partial charge in [-0.05, 0) is 67.4 Å². The fourth-order valence-corrected chi connectivity index (χ4v) is 5.40. The van der Waals surface area contributed by atoms with Gasteiger partial charge in [-0.15, -0.1) is 0 Å². The number of carbonyl (C=O) groups excluding carboxylic acids is 2. The quantitative estimate of drug-likeness (QED) is 0.216. The molecule has 1 saturated heterocycles. The van der Waals surface area contributed by atoms with Gasteiger partial charge in [0.05, 0.1) is 11.9 Å². The van der Waals surface area contributed by atoms with Crippen molar-refractivity contribution in [3.05, 3.63) is 96.2 Å². The Kier molecular flexibility index (Phi) is 7.80. The maximum absolute atomic E-state index is 13.4. The van der Waals surface area contributed by atoms with Crippen LogP contribution >= 0.6 is 0 Å². The summed E-state index contributed by atoms with van der Waals surface area (Å²) in [5, 5.41) is 17.2. The number of aromatic amines is 1. The lowest BCUT2D eigenvalue weighted by Crippen LogP contribution is -2.55. The molecule has 5 aromatic rings. The first-order chi connectivity index (χ1) is 20.8. The molecular formula is C32H31FN8O2. The largest absolute Gasteiger partial charge is 0.336 e. The van der Waals surface area contributed by atoms with Crippen molar-refractivity contribution in [3.63, 3.8) is 0 Å². The van der Waals surface area contributed by atoms with Crippen molar-refractivity contribution < 1.29 is 14.0 Å². The highest BCUT2D eigenvalue weighted by Crippen LogP contribution is 2.28. The molecule has 11 heteroatoms. The molecule has 1 aliphatic rings. The maximum Gasteiger partial charge on any atom is 0.253 e. The van der Waals surface area contributed by atoms with Crippen molar-refractivity contribution in [1.82, 2.24) is 30.4 Å². The van der Waals surface area contributed by atoms with Gasteiger partial charge in [0.2, 0.25) is 5.91 Å². The standard InChI is InChI=1S/C32H31FN8O2/c1-19-16-41(17-20(2)36-19)32(43)22-8-6-21(7-9-22)23-10-11-27-28(12-23)34-18-35-31(27)38-29-14-26(39-40-29)15-30(42)37-25-5-3-4-24(33)13-25/h3-14,18-20,36H,15-17H2,1-2H3,(H,37,42)(H2,34,35,38,39,40)/t19-,20+. The van der Waals surface area contributed by atoms with E-state index in [9.17, 15) is 14.0 Å². The van der Waals surface area contributed by atoms with Gasteiger partial charge in [-0.2, -0.15) is 5.10 Å². The van der Waals surface area contributed by atoms with Crippen molar-refractivity contribution >= 4 is 40.0 Å². The molecule has 10 nitrogen and oxygen atoms in total. The van der Waals surface area contributed by atoms with Gasteiger partial charge < -0.3 is 20.9 Å². The molecule has 2 atom stereocenters. The molecule has 3 aromatic carbocycles. The zero-order chi connectivity index (χ0) is 29.9. The first-order valence-corrected chi connectivity index (χ1v) is 14.1. The van der Waals surface area contributed by atoms with E-state index in [2.05, 4.69) is 50.0 Å². The third-order valence-electron chi connectivity index (χ3n) is 7.28. The molecule has 0 bridgehead atoms. The van der Waals surface area contributed by atoms with Gasteiger partial charge in [0.25, 0.3) is 5.91 Å². The average molecular weight is 579 g/mol. The molecule has 2 amide bonds. The Labute approximate surface area is 247 Å². The van der Waals surface area contributed by atoms with Gasteiger partial charge in [-0.1, -0.05) is 24.3 Å². The smallest absolute Gasteiger partial charge is 0.253 e. The van der Waals surface area contributed by atoms with Gasteiger partial charge in [-0.3, -0.25) is 14.7 Å². The van der Waals surface area contributed by atoms with Gasteiger partial charge in [0, 0.05) is 53.6 Å². The minimum Gasteiger partial charge on any atom is -0.336 e. The van der Waals surface area contributed by atoms with Gasteiger partial charge >= 0.3 is 0 Å². The number of piperazine rings is 1. The lowest BCUT2D eigenvalue weighted by Gasteiger charge is -2.36. The van der Waals surface area contributed by atoms with Crippen LogP contribution in [0.4, 0.5) is 21.7 Å². The zero-order valence-corrected chi connectivity index (χ0v) is 23.8. The Morgan fingerprint density at radius 3 is 2.49 bits per heavy atom. The number of halogens is 1. The van der Waals surface area contributed by atoms with Crippen LogP contribution in [0.1, 0.15) is 29.9 Å². The van der Waals surface area contributed by atoms with E-state index in [-0.39, 0.29) is 30.3 Å². The molecule has 0 radical (unpaired) electrons. The van der Waals surface area contributed by atoms with Crippen LogP contribution in [0.25, 0.3) is 22.0 Å². The topological polar surface area (TPSA) is 128 Å². The number of H-pyrrole nitrogens is 1. The van der Waals surface area contributed by atoms with Crippen molar-refractivity contribution in [2.45, 2.75) is 32.4 Å². The van der Waals surface area contributed by atoms with E-state index in [1.165, 1.54) is 24.5 Å². The minimum absolute atomic E-state index is 0.0386. The Morgan fingerprint density at radius 2 is 1.72 bits per heavy atom. The highest BCUT2D eigenvalue weighted by Gasteiger charge is 2.25. The zero-order valence-electron chi connectivity index (χ0n) is 23.8. The molecule has 0 aliphatic carbocycles. The van der Waals surface area contributed by atoms with E-state index < -0.39 is 5.82 Å². The molecule has 0 unspecified atom stereocenters. The fourth-order valence-electron chi connectivity index (χ4n) is 5.40. The summed E-state index contributed by atoms with van der Waals surface area (Å²) in [6, 6.07) is 21.5. The predicted octanol–water partition coefficient (Wildman–Crippen LogP) is 4.91. The van der Waals surface area contributed by atoms with Gasteiger partial charge in [-0.25, -0.2) is 14.4 Å². The number of nitrogens with zero attached hydrogens (tertiary/aromatic N) is 4. The van der Waals surface area contributed by atoms with Gasteiger partial charge in [0.15, 0.2) is 5.82 Å². The third kappa shape index (κ3) is 6.52. The molecule has 0 saturated carbocycles. The van der Waals surface area contributed by atoms with Crippen LogP contribution < -0.4 is 16.0 Å². The number of amides is 2. The van der Waals surface area contributed by atoms with Crippen molar-refractivity contribution in [2.24, 2.45) is 0 Å². The molecule has 1 fully saturated rings. The molecule has 3 heterocycles. The molecule has 1 aliphatic heterocycles. The molecular weight excluding hydrogens is 547 g/mol. The van der Waals surface area contributed by atoms with Crippen molar-refractivity contribution in [1.29, 1.82) is 0 Å². The number of hydrogen-bond acceptors (Lipinski definition) is 7. The second-order valence-corrected chi connectivity index (χ2v) is 10.8. The Balaban J connectivity index is 1.13. The summed E-state index contributed by atoms with van der Waals surface area (Å²) in [4.78, 5) is 36.2. The monoisotopic (exact) mass is 578 g/mol. The molecule has 43 heavy (non-hydrogen) atoms. The van der Waals surface area contributed by atoms with Crippen molar-refractivity contribution in [3.8, 4) is 11.1 Å². The van der Waals surface area contributed by atoms with E-state index in [1.807, 2.05) is 47.4 Å². The van der Waals surface area contributed by atoms with Crippen LogP contribution in [0.2, 0.25) is 0 Å². The third-order valence-corrected chi connectivity index (χ3v) is 7.28. The number of anilines is 3. The van der Waals surface area contributed by atoms with Crippen molar-refractivity contribution in [2.75, 3.05) is 23.7 Å². The molecule has 6 rings (SSSR count). The number of carbonyl (C=O) groups is 2. The van der Waals surface area contributed by atoms with Crippen LogP contribution in [-0.4, -0.2) is 62.1 Å². The second-order valence-electron chi connectivity index (χ2n) is 10.8. The van der Waals surface area contributed by atoms with E-state index in [0.29, 0.717) is 41.7 Å². The van der Waals surface area contributed by atoms with Crippen LogP contribution in [0.15, 0.2) is 79.1 Å². The van der Waals surface area contributed by atoms with E-state index >= 15 is 0 Å². The first-order valence-electron chi connectivity index (χ1n) is 14.1. The molecule has 218 valence electrons. The number of rotatable bonds is 7. The minimum atomic E-state index is -0.421.